The maximum absolute atomic E-state index is 13.3. The van der Waals surface area contributed by atoms with Crippen LogP contribution in [0.25, 0.3) is 0 Å². The normalized spacial score (nSPS) is 18.9. The minimum Gasteiger partial charge on any atom is -0.493 e. The predicted molar refractivity (Wildman–Crippen MR) is 117 cm³/mol. The first-order valence-corrected chi connectivity index (χ1v) is 10.3. The number of methoxy groups -OCH3 is 2. The van der Waals surface area contributed by atoms with E-state index in [4.69, 9.17) is 14.6 Å². The molecule has 6 nitrogen and oxygen atoms in total. The molecule has 0 saturated carbocycles. The van der Waals surface area contributed by atoms with Gasteiger partial charge in [0.2, 0.25) is 5.91 Å². The summed E-state index contributed by atoms with van der Waals surface area (Å²) in [4.78, 5) is 17.5. The maximum atomic E-state index is 13.3. The van der Waals surface area contributed by atoms with Gasteiger partial charge in [0.05, 0.1) is 32.4 Å². The van der Waals surface area contributed by atoms with Crippen LogP contribution in [0.4, 0.5) is 0 Å². The molecule has 0 radical (unpaired) electrons. The third-order valence-corrected chi connectivity index (χ3v) is 6.04. The van der Waals surface area contributed by atoms with Gasteiger partial charge in [0.1, 0.15) is 0 Å². The third-order valence-electron chi connectivity index (χ3n) is 6.04. The number of nitrogens with zero attached hydrogens (tertiary/aromatic N) is 3. The highest BCUT2D eigenvalue weighted by Gasteiger charge is 2.46. The quantitative estimate of drug-likeness (QED) is 0.638. The van der Waals surface area contributed by atoms with E-state index in [1.54, 1.807) is 31.6 Å². The molecule has 1 aliphatic carbocycles. The van der Waals surface area contributed by atoms with Crippen LogP contribution in [-0.4, -0.2) is 35.8 Å². The molecule has 0 spiro atoms. The molecule has 2 heterocycles. The number of benzene rings is 2. The lowest BCUT2D eigenvalue weighted by atomic mass is 9.90. The van der Waals surface area contributed by atoms with Gasteiger partial charge in [-0.2, -0.15) is 5.10 Å². The summed E-state index contributed by atoms with van der Waals surface area (Å²) < 4.78 is 11.0. The minimum atomic E-state index is -0.168. The molecule has 1 amide bonds. The lowest BCUT2D eigenvalue weighted by molar-refractivity contribution is -0.132. The van der Waals surface area contributed by atoms with Crippen LogP contribution in [0.15, 0.2) is 72.1 Å². The summed E-state index contributed by atoms with van der Waals surface area (Å²) in [6.45, 7) is 0. The number of ether oxygens (including phenoxy) is 2. The van der Waals surface area contributed by atoms with Gasteiger partial charge in [-0.3, -0.25) is 9.78 Å². The second-order valence-corrected chi connectivity index (χ2v) is 7.79. The molecule has 2 aromatic carbocycles. The van der Waals surface area contributed by atoms with Gasteiger partial charge in [-0.05, 0) is 47.4 Å². The Bertz CT molecular complexity index is 1150. The number of fused-ring (bicyclic) bond motifs is 3. The summed E-state index contributed by atoms with van der Waals surface area (Å²) >= 11 is 0. The summed E-state index contributed by atoms with van der Waals surface area (Å²) in [6, 6.07) is 17.5. The van der Waals surface area contributed by atoms with Crippen LogP contribution in [0.1, 0.15) is 28.3 Å². The molecule has 1 aliphatic heterocycles. The van der Waals surface area contributed by atoms with Crippen molar-refractivity contribution in [1.82, 2.24) is 9.99 Å². The van der Waals surface area contributed by atoms with Crippen LogP contribution < -0.4 is 9.47 Å². The van der Waals surface area contributed by atoms with Gasteiger partial charge in [-0.25, -0.2) is 5.01 Å². The highest BCUT2D eigenvalue weighted by Crippen LogP contribution is 2.46. The standard InChI is InChI=1S/C25H23N3O3/c1-30-21-14-18-13-20-24(19(18)15-22(21)31-2)27-28(25(20)17-8-10-26-11-9-17)23(29)12-16-6-4-3-5-7-16/h3-11,14-15,20,25H,12-13H2,1-2H3. The average Bonchev–Trinajstić information content (AvgIpc) is 3.35. The maximum Gasteiger partial charge on any atom is 0.247 e. The Hall–Kier alpha value is -3.67. The van der Waals surface area contributed by atoms with Gasteiger partial charge in [0, 0.05) is 23.9 Å². The summed E-state index contributed by atoms with van der Waals surface area (Å²) in [7, 11) is 3.27. The molecule has 0 saturated heterocycles. The lowest BCUT2D eigenvalue weighted by Crippen LogP contribution is -2.32. The molecule has 1 aromatic heterocycles. The van der Waals surface area contributed by atoms with E-state index < -0.39 is 0 Å². The first kappa shape index (κ1) is 19.3. The smallest absolute Gasteiger partial charge is 0.247 e. The van der Waals surface area contributed by atoms with Crippen LogP contribution in [0.5, 0.6) is 11.5 Å². The Morgan fingerprint density at radius 2 is 1.74 bits per heavy atom. The van der Waals surface area contributed by atoms with E-state index in [0.29, 0.717) is 17.9 Å². The molecule has 3 aromatic rings. The van der Waals surface area contributed by atoms with E-state index in [1.165, 1.54) is 0 Å². The van der Waals surface area contributed by atoms with E-state index in [0.717, 1.165) is 34.4 Å². The predicted octanol–water partition coefficient (Wildman–Crippen LogP) is 3.80. The molecular formula is C25H23N3O3. The number of carbonyl (C=O) groups is 1. The van der Waals surface area contributed by atoms with Gasteiger partial charge >= 0.3 is 0 Å². The number of hydrazone groups is 1. The monoisotopic (exact) mass is 413 g/mol. The topological polar surface area (TPSA) is 64.0 Å². The number of pyridine rings is 1. The summed E-state index contributed by atoms with van der Waals surface area (Å²) in [6.07, 6.45) is 4.63. The minimum absolute atomic E-state index is 0.0167. The SMILES string of the molecule is COc1cc2c(cc1OC)C1=NN(C(=O)Cc3ccccc3)C(c3ccncc3)C1C2. The molecule has 6 heteroatoms. The van der Waals surface area contributed by atoms with Crippen molar-refractivity contribution < 1.29 is 14.3 Å². The van der Waals surface area contributed by atoms with Crippen molar-refractivity contribution in [3.05, 3.63) is 89.2 Å². The van der Waals surface area contributed by atoms with Crippen molar-refractivity contribution in [3.63, 3.8) is 0 Å². The summed E-state index contributed by atoms with van der Waals surface area (Å²) in [5.41, 5.74) is 5.13. The van der Waals surface area contributed by atoms with Gasteiger partial charge in [-0.1, -0.05) is 30.3 Å². The molecule has 2 atom stereocenters. The van der Waals surface area contributed by atoms with Gasteiger partial charge in [0.15, 0.2) is 11.5 Å². The zero-order valence-corrected chi connectivity index (χ0v) is 17.5. The van der Waals surface area contributed by atoms with Crippen LogP contribution in [0.2, 0.25) is 0 Å². The fraction of sp³-hybridized carbons (Fsp3) is 0.240. The molecule has 0 N–H and O–H groups in total. The zero-order valence-electron chi connectivity index (χ0n) is 17.5. The second kappa shape index (κ2) is 7.87. The molecule has 0 bridgehead atoms. The number of aromatic nitrogens is 1. The van der Waals surface area contributed by atoms with E-state index in [2.05, 4.69) is 4.98 Å². The Labute approximate surface area is 181 Å². The van der Waals surface area contributed by atoms with Gasteiger partial charge in [0.25, 0.3) is 0 Å². The van der Waals surface area contributed by atoms with Crippen LogP contribution >= 0.6 is 0 Å². The zero-order chi connectivity index (χ0) is 21.4. The molecule has 156 valence electrons. The third kappa shape index (κ3) is 3.34. The average molecular weight is 413 g/mol. The molecule has 31 heavy (non-hydrogen) atoms. The van der Waals surface area contributed by atoms with Crippen molar-refractivity contribution in [2.24, 2.45) is 11.0 Å². The highest BCUT2D eigenvalue weighted by atomic mass is 16.5. The molecule has 5 rings (SSSR count). The second-order valence-electron chi connectivity index (χ2n) is 7.79. The molecule has 2 unspecified atom stereocenters. The largest absolute Gasteiger partial charge is 0.493 e. The van der Waals surface area contributed by atoms with Crippen molar-refractivity contribution in [3.8, 4) is 11.5 Å². The number of rotatable bonds is 5. The van der Waals surface area contributed by atoms with Crippen LogP contribution in [0, 0.1) is 5.92 Å². The van der Waals surface area contributed by atoms with Gasteiger partial charge in [-0.15, -0.1) is 0 Å². The van der Waals surface area contributed by atoms with E-state index in [-0.39, 0.29) is 17.9 Å². The van der Waals surface area contributed by atoms with Crippen molar-refractivity contribution in [2.45, 2.75) is 18.9 Å². The number of hydrogen-bond acceptors (Lipinski definition) is 5. The van der Waals surface area contributed by atoms with Gasteiger partial charge < -0.3 is 9.47 Å². The summed E-state index contributed by atoms with van der Waals surface area (Å²) in [5, 5.41) is 6.53. The lowest BCUT2D eigenvalue weighted by Gasteiger charge is -2.26. The van der Waals surface area contributed by atoms with Crippen LogP contribution in [-0.2, 0) is 17.6 Å². The van der Waals surface area contributed by atoms with Crippen molar-refractivity contribution >= 4 is 11.6 Å². The Balaban J connectivity index is 1.56. The van der Waals surface area contributed by atoms with Crippen molar-refractivity contribution in [1.29, 1.82) is 0 Å². The molecule has 2 aliphatic rings. The Morgan fingerprint density at radius 3 is 2.45 bits per heavy atom. The number of hydrogen-bond donors (Lipinski definition) is 0. The summed E-state index contributed by atoms with van der Waals surface area (Å²) in [5.74, 6) is 1.43. The first-order chi connectivity index (χ1) is 15.2. The Kier molecular flexibility index (Phi) is 4.90. The van der Waals surface area contributed by atoms with Crippen molar-refractivity contribution in [2.75, 3.05) is 14.2 Å². The highest BCUT2D eigenvalue weighted by molar-refractivity contribution is 6.09. The van der Waals surface area contributed by atoms with E-state index in [1.807, 2.05) is 54.6 Å². The van der Waals surface area contributed by atoms with E-state index in [9.17, 15) is 4.79 Å². The van der Waals surface area contributed by atoms with Crippen LogP contribution in [0.3, 0.4) is 0 Å². The number of carbonyl (C=O) groups excluding carboxylic acids is 1. The van der Waals surface area contributed by atoms with E-state index >= 15 is 0 Å². The fourth-order valence-electron chi connectivity index (χ4n) is 4.60. The molecular weight excluding hydrogens is 390 g/mol. The first-order valence-electron chi connectivity index (χ1n) is 10.3. The fourth-order valence-corrected chi connectivity index (χ4v) is 4.60. The molecule has 0 fully saturated rings. The Morgan fingerprint density at radius 1 is 1.03 bits per heavy atom. The number of amides is 1.